The summed E-state index contributed by atoms with van der Waals surface area (Å²) in [5.74, 6) is 0.396. The van der Waals surface area contributed by atoms with Gasteiger partial charge in [-0.25, -0.2) is 14.3 Å². The Bertz CT molecular complexity index is 1210. The van der Waals surface area contributed by atoms with E-state index in [0.717, 1.165) is 22.5 Å². The number of aromatic nitrogens is 4. The molecule has 4 rings (SSSR count). The third-order valence-electron chi connectivity index (χ3n) is 4.28. The lowest BCUT2D eigenvalue weighted by molar-refractivity contribution is 0.203. The standard InChI is InChI=1S/C20H17N5O3/c1-12-18(15-5-3-4-10-22-15)19-23-16(11-17(26)25(19)24-12)13-6-8-14(9-7-13)28-20(27)21-2/h3-11,24H,1-2H3,(H,21,27). The van der Waals surface area contributed by atoms with Crippen molar-refractivity contribution >= 4 is 11.7 Å². The monoisotopic (exact) mass is 375 g/mol. The van der Waals surface area contributed by atoms with E-state index in [2.05, 4.69) is 20.4 Å². The average Bonchev–Trinajstić information content (AvgIpc) is 3.05. The van der Waals surface area contributed by atoms with E-state index in [9.17, 15) is 9.59 Å². The Morgan fingerprint density at radius 2 is 1.93 bits per heavy atom. The van der Waals surface area contributed by atoms with E-state index in [1.165, 1.54) is 17.6 Å². The van der Waals surface area contributed by atoms with Crippen LogP contribution in [0.25, 0.3) is 28.2 Å². The second kappa shape index (κ2) is 6.99. The molecule has 28 heavy (non-hydrogen) atoms. The van der Waals surface area contributed by atoms with E-state index >= 15 is 0 Å². The minimum Gasteiger partial charge on any atom is -0.410 e. The normalized spacial score (nSPS) is 10.8. The van der Waals surface area contributed by atoms with Crippen LogP contribution < -0.4 is 15.6 Å². The number of amides is 1. The predicted octanol–water partition coefficient (Wildman–Crippen LogP) is 2.78. The molecule has 0 aliphatic rings. The zero-order valence-electron chi connectivity index (χ0n) is 15.3. The molecule has 1 amide bonds. The van der Waals surface area contributed by atoms with Gasteiger partial charge in [-0.05, 0) is 43.3 Å². The Morgan fingerprint density at radius 3 is 2.61 bits per heavy atom. The number of nitrogens with zero attached hydrogens (tertiary/aromatic N) is 3. The third kappa shape index (κ3) is 3.11. The summed E-state index contributed by atoms with van der Waals surface area (Å²) in [6.07, 6.45) is 1.15. The highest BCUT2D eigenvalue weighted by molar-refractivity contribution is 5.79. The van der Waals surface area contributed by atoms with Crippen LogP contribution in [0.2, 0.25) is 0 Å². The molecule has 0 fully saturated rings. The molecule has 0 aliphatic heterocycles. The van der Waals surface area contributed by atoms with Gasteiger partial charge in [0.1, 0.15) is 5.75 Å². The SMILES string of the molecule is CNC(=O)Oc1ccc(-c2cc(=O)n3[nH]c(C)c(-c4ccccn4)c3n2)cc1. The summed E-state index contributed by atoms with van der Waals surface area (Å²) < 4.78 is 6.49. The van der Waals surface area contributed by atoms with Gasteiger partial charge in [-0.1, -0.05) is 6.07 Å². The zero-order chi connectivity index (χ0) is 19.7. The fraction of sp³-hybridized carbons (Fsp3) is 0.100. The molecule has 4 aromatic rings. The second-order valence-electron chi connectivity index (χ2n) is 6.13. The first-order valence-corrected chi connectivity index (χ1v) is 8.60. The van der Waals surface area contributed by atoms with Crippen molar-refractivity contribution < 1.29 is 9.53 Å². The van der Waals surface area contributed by atoms with Gasteiger partial charge >= 0.3 is 6.09 Å². The summed E-state index contributed by atoms with van der Waals surface area (Å²) >= 11 is 0. The van der Waals surface area contributed by atoms with E-state index in [-0.39, 0.29) is 5.56 Å². The van der Waals surface area contributed by atoms with Crippen LogP contribution in [0.3, 0.4) is 0 Å². The molecule has 0 radical (unpaired) electrons. The lowest BCUT2D eigenvalue weighted by Gasteiger charge is -2.06. The Labute approximate surface area is 159 Å². The summed E-state index contributed by atoms with van der Waals surface area (Å²) in [6, 6.07) is 13.8. The molecular formula is C20H17N5O3. The van der Waals surface area contributed by atoms with Gasteiger partial charge in [0, 0.05) is 30.6 Å². The Kier molecular flexibility index (Phi) is 4.36. The second-order valence-corrected chi connectivity index (χ2v) is 6.13. The highest BCUT2D eigenvalue weighted by atomic mass is 16.5. The summed E-state index contributed by atoms with van der Waals surface area (Å²) in [4.78, 5) is 33.0. The summed E-state index contributed by atoms with van der Waals surface area (Å²) in [7, 11) is 1.49. The lowest BCUT2D eigenvalue weighted by Crippen LogP contribution is -2.21. The molecule has 3 aromatic heterocycles. The number of hydrogen-bond donors (Lipinski definition) is 2. The van der Waals surface area contributed by atoms with Gasteiger partial charge in [-0.15, -0.1) is 0 Å². The highest BCUT2D eigenvalue weighted by Gasteiger charge is 2.16. The van der Waals surface area contributed by atoms with Crippen LogP contribution in [0.4, 0.5) is 4.79 Å². The Balaban J connectivity index is 1.81. The molecule has 0 aliphatic carbocycles. The number of rotatable bonds is 3. The van der Waals surface area contributed by atoms with Crippen LogP contribution in [0.15, 0.2) is 59.5 Å². The van der Waals surface area contributed by atoms with Gasteiger partial charge in [-0.3, -0.25) is 14.9 Å². The third-order valence-corrected chi connectivity index (χ3v) is 4.28. The van der Waals surface area contributed by atoms with E-state index < -0.39 is 6.09 Å². The summed E-state index contributed by atoms with van der Waals surface area (Å²) in [5.41, 5.74) is 3.84. The minimum atomic E-state index is -0.548. The number of H-pyrrole nitrogens is 1. The van der Waals surface area contributed by atoms with Crippen molar-refractivity contribution in [1.82, 2.24) is 24.9 Å². The zero-order valence-corrected chi connectivity index (χ0v) is 15.3. The molecule has 1 aromatic carbocycles. The van der Waals surface area contributed by atoms with Crippen molar-refractivity contribution in [3.8, 4) is 28.3 Å². The molecule has 0 atom stereocenters. The fourth-order valence-corrected chi connectivity index (χ4v) is 2.97. The Morgan fingerprint density at radius 1 is 1.14 bits per heavy atom. The molecule has 0 spiro atoms. The van der Waals surface area contributed by atoms with E-state index in [1.54, 1.807) is 30.5 Å². The maximum atomic E-state index is 12.6. The van der Waals surface area contributed by atoms with Gasteiger partial charge in [0.15, 0.2) is 5.65 Å². The first kappa shape index (κ1) is 17.5. The van der Waals surface area contributed by atoms with Gasteiger partial charge in [0.2, 0.25) is 0 Å². The number of carbonyl (C=O) groups excluding carboxylic acids is 1. The predicted molar refractivity (Wildman–Crippen MR) is 104 cm³/mol. The highest BCUT2D eigenvalue weighted by Crippen LogP contribution is 2.26. The Hall–Kier alpha value is -3.94. The number of ether oxygens (including phenoxy) is 1. The minimum absolute atomic E-state index is 0.226. The van der Waals surface area contributed by atoms with Gasteiger partial charge in [0.25, 0.3) is 5.56 Å². The van der Waals surface area contributed by atoms with Crippen molar-refractivity contribution in [3.63, 3.8) is 0 Å². The molecule has 2 N–H and O–H groups in total. The molecule has 3 heterocycles. The number of hydrogen-bond acceptors (Lipinski definition) is 5. The number of carbonyl (C=O) groups is 1. The largest absolute Gasteiger partial charge is 0.412 e. The lowest BCUT2D eigenvalue weighted by atomic mass is 10.1. The maximum absolute atomic E-state index is 12.6. The first-order chi connectivity index (χ1) is 13.6. The first-order valence-electron chi connectivity index (χ1n) is 8.60. The van der Waals surface area contributed by atoms with Gasteiger partial charge < -0.3 is 10.1 Å². The van der Waals surface area contributed by atoms with Crippen LogP contribution in [-0.2, 0) is 0 Å². The van der Waals surface area contributed by atoms with Crippen LogP contribution >= 0.6 is 0 Å². The number of benzene rings is 1. The molecule has 8 heteroatoms. The molecule has 0 unspecified atom stereocenters. The molecule has 0 saturated heterocycles. The smallest absolute Gasteiger partial charge is 0.410 e. The summed E-state index contributed by atoms with van der Waals surface area (Å²) in [5, 5.41) is 5.43. The molecule has 0 saturated carbocycles. The van der Waals surface area contributed by atoms with Crippen molar-refractivity contribution in [2.45, 2.75) is 6.92 Å². The summed E-state index contributed by atoms with van der Waals surface area (Å²) in [6.45, 7) is 1.88. The topological polar surface area (TPSA) is 101 Å². The van der Waals surface area contributed by atoms with Crippen molar-refractivity contribution in [2.75, 3.05) is 7.05 Å². The molecule has 0 bridgehead atoms. The van der Waals surface area contributed by atoms with Gasteiger partial charge in [-0.2, -0.15) is 0 Å². The number of nitrogens with one attached hydrogen (secondary N) is 2. The molecule has 8 nitrogen and oxygen atoms in total. The molecular weight excluding hydrogens is 358 g/mol. The van der Waals surface area contributed by atoms with Crippen LogP contribution in [0.1, 0.15) is 5.69 Å². The number of aromatic amines is 1. The van der Waals surface area contributed by atoms with Crippen LogP contribution in [0, 0.1) is 6.92 Å². The van der Waals surface area contributed by atoms with Crippen molar-refractivity contribution in [1.29, 1.82) is 0 Å². The average molecular weight is 375 g/mol. The fourth-order valence-electron chi connectivity index (χ4n) is 2.97. The van der Waals surface area contributed by atoms with E-state index in [1.807, 2.05) is 25.1 Å². The number of aryl methyl sites for hydroxylation is 1. The van der Waals surface area contributed by atoms with E-state index in [4.69, 9.17) is 4.74 Å². The number of pyridine rings is 1. The van der Waals surface area contributed by atoms with Gasteiger partial charge in [0.05, 0.1) is 17.0 Å². The van der Waals surface area contributed by atoms with E-state index in [0.29, 0.717) is 17.1 Å². The molecule has 140 valence electrons. The maximum Gasteiger partial charge on any atom is 0.412 e. The number of fused-ring (bicyclic) bond motifs is 1. The van der Waals surface area contributed by atoms with Crippen molar-refractivity contribution in [3.05, 3.63) is 70.8 Å². The quantitative estimate of drug-likeness (QED) is 0.573. The van der Waals surface area contributed by atoms with Crippen LogP contribution in [0.5, 0.6) is 5.75 Å². The van der Waals surface area contributed by atoms with Crippen molar-refractivity contribution in [2.24, 2.45) is 0 Å². The van der Waals surface area contributed by atoms with Crippen LogP contribution in [-0.4, -0.2) is 32.7 Å².